The fraction of sp³-hybridized carbons (Fsp3) is 0.571. The Bertz CT molecular complexity index is 802. The van der Waals surface area contributed by atoms with Gasteiger partial charge in [0.25, 0.3) is 0 Å². The van der Waals surface area contributed by atoms with Gasteiger partial charge in [-0.05, 0) is 30.5 Å². The van der Waals surface area contributed by atoms with Gasteiger partial charge in [0.15, 0.2) is 11.5 Å². The number of likely N-dealkylation sites (tertiary alicyclic amines) is 1. The Labute approximate surface area is 174 Å². The van der Waals surface area contributed by atoms with E-state index in [-0.39, 0.29) is 43.2 Å². The first-order valence-corrected chi connectivity index (χ1v) is 10.5. The minimum atomic E-state index is -0.469. The van der Waals surface area contributed by atoms with Crippen molar-refractivity contribution in [3.8, 4) is 11.5 Å². The monoisotopic (exact) mass is 421 g/mol. The maximum atomic E-state index is 12.5. The van der Waals surface area contributed by atoms with Gasteiger partial charge in [-0.1, -0.05) is 24.4 Å². The molecule has 8 heteroatoms. The van der Waals surface area contributed by atoms with Gasteiger partial charge in [-0.2, -0.15) is 0 Å². The Morgan fingerprint density at radius 3 is 2.48 bits per heavy atom. The number of imide groups is 1. The van der Waals surface area contributed by atoms with Gasteiger partial charge >= 0.3 is 5.97 Å². The smallest absolute Gasteiger partial charge is 0.307 e. The lowest BCUT2D eigenvalue weighted by atomic mass is 9.81. The van der Waals surface area contributed by atoms with Gasteiger partial charge in [-0.15, -0.1) is 0 Å². The number of benzene rings is 1. The molecule has 4 rings (SSSR count). The topological polar surface area (TPSA) is 82.1 Å². The van der Waals surface area contributed by atoms with E-state index in [1.165, 1.54) is 4.90 Å². The largest absolute Gasteiger partial charge is 0.489 e. The minimum Gasteiger partial charge on any atom is -0.489 e. The molecule has 1 aromatic carbocycles. The van der Waals surface area contributed by atoms with Crippen LogP contribution in [0.5, 0.6) is 11.5 Å². The number of carbonyl (C=O) groups excluding carboxylic acids is 3. The van der Waals surface area contributed by atoms with Crippen molar-refractivity contribution in [2.24, 2.45) is 11.8 Å². The first kappa shape index (κ1) is 20.0. The number of halogens is 1. The fourth-order valence-corrected chi connectivity index (χ4v) is 4.55. The van der Waals surface area contributed by atoms with E-state index in [0.717, 1.165) is 32.1 Å². The average Bonchev–Trinajstić information content (AvgIpc) is 2.88. The summed E-state index contributed by atoms with van der Waals surface area (Å²) in [6, 6.07) is 3.43. The molecule has 1 saturated carbocycles. The van der Waals surface area contributed by atoms with E-state index in [2.05, 4.69) is 0 Å². The van der Waals surface area contributed by atoms with E-state index in [1.54, 1.807) is 12.1 Å². The van der Waals surface area contributed by atoms with Crippen LogP contribution in [-0.2, 0) is 25.7 Å². The van der Waals surface area contributed by atoms with Gasteiger partial charge in [0.05, 0.1) is 36.5 Å². The van der Waals surface area contributed by atoms with E-state index in [4.69, 9.17) is 25.8 Å². The molecular formula is C21H24ClNO6. The van der Waals surface area contributed by atoms with E-state index in [9.17, 15) is 14.4 Å². The van der Waals surface area contributed by atoms with Gasteiger partial charge in [-0.3, -0.25) is 19.3 Å². The van der Waals surface area contributed by atoms with Crippen LogP contribution in [0.25, 0.3) is 0 Å². The third kappa shape index (κ3) is 4.20. The normalized spacial score (nSPS) is 23.6. The number of carbonyl (C=O) groups is 3. The summed E-state index contributed by atoms with van der Waals surface area (Å²) in [6.45, 7) is 1.18. The summed E-state index contributed by atoms with van der Waals surface area (Å²) in [5.74, 6) is -0.0934. The second-order valence-corrected chi connectivity index (χ2v) is 8.10. The van der Waals surface area contributed by atoms with E-state index in [0.29, 0.717) is 35.3 Å². The van der Waals surface area contributed by atoms with Crippen molar-refractivity contribution in [2.45, 2.75) is 45.1 Å². The summed E-state index contributed by atoms with van der Waals surface area (Å²) in [7, 11) is 0. The Morgan fingerprint density at radius 2 is 1.76 bits per heavy atom. The fourth-order valence-electron chi connectivity index (χ4n) is 4.26. The van der Waals surface area contributed by atoms with Crippen LogP contribution in [0, 0.1) is 11.8 Å². The standard InChI is InChI=1S/C21H24ClNO6/c22-16-10-13(11-17-19(16)28-9-3-8-27-17)12-29-18(24)6-7-23-20(25)14-4-1-2-5-15(14)21(23)26/h10-11,14-15H,1-9,12H2/t14-,15-/m1/s1. The number of nitrogens with zero attached hydrogens (tertiary/aromatic N) is 1. The van der Waals surface area contributed by atoms with E-state index >= 15 is 0 Å². The van der Waals surface area contributed by atoms with Crippen LogP contribution < -0.4 is 9.47 Å². The number of rotatable bonds is 5. The minimum absolute atomic E-state index is 0.0186. The molecule has 1 saturated heterocycles. The highest BCUT2D eigenvalue weighted by Gasteiger charge is 2.47. The van der Waals surface area contributed by atoms with E-state index < -0.39 is 5.97 Å². The van der Waals surface area contributed by atoms with Crippen LogP contribution in [0.2, 0.25) is 5.02 Å². The van der Waals surface area contributed by atoms with E-state index in [1.807, 2.05) is 0 Å². The second kappa shape index (κ2) is 8.61. The number of hydrogen-bond acceptors (Lipinski definition) is 6. The van der Waals surface area contributed by atoms with Crippen LogP contribution in [0.1, 0.15) is 44.1 Å². The van der Waals surface area contributed by atoms with Gasteiger partial charge < -0.3 is 14.2 Å². The molecule has 2 aliphatic heterocycles. The zero-order valence-electron chi connectivity index (χ0n) is 16.2. The number of ether oxygens (including phenoxy) is 3. The molecule has 0 N–H and O–H groups in total. The van der Waals surface area contributed by atoms with Crippen LogP contribution in [-0.4, -0.2) is 42.4 Å². The molecule has 1 aromatic rings. The zero-order valence-corrected chi connectivity index (χ0v) is 16.9. The van der Waals surface area contributed by atoms with Gasteiger partial charge in [-0.25, -0.2) is 0 Å². The number of amides is 2. The number of esters is 1. The van der Waals surface area contributed by atoms with Crippen LogP contribution >= 0.6 is 11.6 Å². The summed E-state index contributed by atoms with van der Waals surface area (Å²) in [6.07, 6.45) is 4.24. The summed E-state index contributed by atoms with van der Waals surface area (Å²) in [4.78, 5) is 38.3. The summed E-state index contributed by atoms with van der Waals surface area (Å²) in [5, 5.41) is 0.409. The van der Waals surface area contributed by atoms with Crippen molar-refractivity contribution in [3.63, 3.8) is 0 Å². The SMILES string of the molecule is O=C(CCN1C(=O)[C@@H]2CCCC[C@H]2C1=O)OCc1cc(Cl)c2c(c1)OCCCO2. The summed E-state index contributed by atoms with van der Waals surface area (Å²) in [5.41, 5.74) is 0.687. The maximum absolute atomic E-state index is 12.5. The third-order valence-corrected chi connectivity index (χ3v) is 6.01. The summed E-state index contributed by atoms with van der Waals surface area (Å²) < 4.78 is 16.5. The highest BCUT2D eigenvalue weighted by atomic mass is 35.5. The van der Waals surface area contributed by atoms with Crippen LogP contribution in [0.4, 0.5) is 0 Å². The molecule has 156 valence electrons. The van der Waals surface area contributed by atoms with Crippen molar-refractivity contribution >= 4 is 29.4 Å². The predicted molar refractivity (Wildman–Crippen MR) is 104 cm³/mol. The molecule has 0 radical (unpaired) electrons. The Balaban J connectivity index is 1.31. The van der Waals surface area contributed by atoms with Crippen molar-refractivity contribution in [3.05, 3.63) is 22.7 Å². The van der Waals surface area contributed by atoms with Gasteiger partial charge in [0, 0.05) is 13.0 Å². The molecule has 0 bridgehead atoms. The van der Waals surface area contributed by atoms with Crippen molar-refractivity contribution in [2.75, 3.05) is 19.8 Å². The lowest BCUT2D eigenvalue weighted by molar-refractivity contribution is -0.146. The number of hydrogen-bond donors (Lipinski definition) is 0. The lowest BCUT2D eigenvalue weighted by Gasteiger charge is -2.19. The quantitative estimate of drug-likeness (QED) is 0.536. The van der Waals surface area contributed by atoms with Crippen LogP contribution in [0.3, 0.4) is 0 Å². The molecule has 29 heavy (non-hydrogen) atoms. The molecule has 2 amide bonds. The summed E-state index contributed by atoms with van der Waals surface area (Å²) >= 11 is 6.25. The molecule has 1 aliphatic carbocycles. The van der Waals surface area contributed by atoms with Gasteiger partial charge in [0.1, 0.15) is 6.61 Å². The Hall–Kier alpha value is -2.28. The van der Waals surface area contributed by atoms with Crippen LogP contribution in [0.15, 0.2) is 12.1 Å². The lowest BCUT2D eigenvalue weighted by Crippen LogP contribution is -2.33. The first-order chi connectivity index (χ1) is 14.0. The Kier molecular flexibility index (Phi) is 5.94. The highest BCUT2D eigenvalue weighted by molar-refractivity contribution is 6.32. The van der Waals surface area contributed by atoms with Crippen molar-refractivity contribution in [1.29, 1.82) is 0 Å². The second-order valence-electron chi connectivity index (χ2n) is 7.69. The molecule has 2 heterocycles. The molecule has 0 aromatic heterocycles. The average molecular weight is 422 g/mol. The number of fused-ring (bicyclic) bond motifs is 2. The van der Waals surface area contributed by atoms with Crippen molar-refractivity contribution in [1.82, 2.24) is 4.90 Å². The zero-order chi connectivity index (χ0) is 20.4. The molecule has 2 atom stereocenters. The molecule has 0 unspecified atom stereocenters. The predicted octanol–water partition coefficient (Wildman–Crippen LogP) is 3.11. The molecule has 3 aliphatic rings. The molecular weight excluding hydrogens is 398 g/mol. The van der Waals surface area contributed by atoms with Gasteiger partial charge in [0.2, 0.25) is 11.8 Å². The molecule has 0 spiro atoms. The molecule has 7 nitrogen and oxygen atoms in total. The third-order valence-electron chi connectivity index (χ3n) is 5.73. The molecule has 2 fully saturated rings. The highest BCUT2D eigenvalue weighted by Crippen LogP contribution is 2.39. The van der Waals surface area contributed by atoms with Crippen molar-refractivity contribution < 1.29 is 28.6 Å². The maximum Gasteiger partial charge on any atom is 0.307 e. The first-order valence-electron chi connectivity index (χ1n) is 10.1. The Morgan fingerprint density at radius 1 is 1.07 bits per heavy atom.